The molecule has 1 saturated heterocycles. The highest BCUT2D eigenvalue weighted by Gasteiger charge is 2.56. The zero-order valence-electron chi connectivity index (χ0n) is 21.2. The summed E-state index contributed by atoms with van der Waals surface area (Å²) in [6, 6.07) is 14.6. The predicted octanol–water partition coefficient (Wildman–Crippen LogP) is 4.75. The quantitative estimate of drug-likeness (QED) is 0.308. The number of benzene rings is 2. The Labute approximate surface area is 234 Å². The Morgan fingerprint density at radius 1 is 1.03 bits per heavy atom. The van der Waals surface area contributed by atoms with E-state index in [0.29, 0.717) is 42.0 Å². The summed E-state index contributed by atoms with van der Waals surface area (Å²) < 4.78 is 6.05. The van der Waals surface area contributed by atoms with Gasteiger partial charge in [0.05, 0.1) is 16.3 Å². The van der Waals surface area contributed by atoms with Crippen LogP contribution in [0, 0.1) is 17.8 Å². The Balaban J connectivity index is 1.42. The second kappa shape index (κ2) is 9.75. The number of imide groups is 1. The molecule has 1 heterocycles. The lowest BCUT2D eigenvalue weighted by Crippen LogP contribution is -2.39. The molecule has 1 N–H and O–H groups in total. The van der Waals surface area contributed by atoms with Gasteiger partial charge in [0, 0.05) is 41.3 Å². The van der Waals surface area contributed by atoms with E-state index in [0.717, 1.165) is 11.1 Å². The van der Waals surface area contributed by atoms with Gasteiger partial charge in [0.2, 0.25) is 11.8 Å². The first-order valence-electron chi connectivity index (χ1n) is 13.0. The van der Waals surface area contributed by atoms with Crippen LogP contribution in [-0.2, 0) is 25.8 Å². The van der Waals surface area contributed by atoms with Crippen LogP contribution < -0.4 is 4.74 Å². The maximum absolute atomic E-state index is 13.4. The molecule has 0 aromatic heterocycles. The number of hydrogen-bond donors (Lipinski definition) is 1. The molecule has 2 aromatic rings. The number of carbonyl (C=O) groups is 4. The molecular formula is C31H26BrNO6. The van der Waals surface area contributed by atoms with Crippen molar-refractivity contribution in [2.45, 2.75) is 32.3 Å². The molecule has 4 aliphatic rings. The molecule has 39 heavy (non-hydrogen) atoms. The summed E-state index contributed by atoms with van der Waals surface area (Å²) in [5.74, 6) is -2.86. The predicted molar refractivity (Wildman–Crippen MR) is 146 cm³/mol. The zero-order chi connectivity index (χ0) is 27.4. The molecule has 0 bridgehead atoms. The number of carbonyl (C=O) groups excluding carboxylic acids is 4. The van der Waals surface area contributed by atoms with Gasteiger partial charge in [-0.2, -0.15) is 0 Å². The molecule has 1 aliphatic heterocycles. The first kappa shape index (κ1) is 25.5. The van der Waals surface area contributed by atoms with E-state index in [9.17, 15) is 24.3 Å². The minimum absolute atomic E-state index is 0.0704. The maximum atomic E-state index is 13.4. The molecular weight excluding hydrogens is 562 g/mol. The molecule has 0 radical (unpaired) electrons. The molecule has 2 aromatic carbocycles. The van der Waals surface area contributed by atoms with Crippen LogP contribution in [0.2, 0.25) is 0 Å². The van der Waals surface area contributed by atoms with Crippen molar-refractivity contribution in [3.05, 3.63) is 93.0 Å². The molecule has 7 nitrogen and oxygen atoms in total. The normalized spacial score (nSPS) is 26.2. The van der Waals surface area contributed by atoms with Crippen LogP contribution in [0.5, 0.6) is 11.5 Å². The third kappa shape index (κ3) is 4.09. The number of phenols is 1. The number of halogens is 1. The highest BCUT2D eigenvalue weighted by atomic mass is 79.9. The summed E-state index contributed by atoms with van der Waals surface area (Å²) in [4.78, 5) is 54.3. The SMILES string of the molecule is CCN1C(=O)[C@H]2[C@H](CC=C3[C@H](c4ccc(OCc5ccccc5)cc4O)C4=C(C[C@H]32)C(=O)C(Br)=CC4=O)C1=O. The molecule has 0 spiro atoms. The summed E-state index contributed by atoms with van der Waals surface area (Å²) >= 11 is 3.23. The Morgan fingerprint density at radius 3 is 2.51 bits per heavy atom. The van der Waals surface area contributed by atoms with Gasteiger partial charge in [0.15, 0.2) is 11.6 Å². The average Bonchev–Trinajstić information content (AvgIpc) is 3.19. The lowest BCUT2D eigenvalue weighted by atomic mass is 9.59. The van der Waals surface area contributed by atoms with Crippen molar-refractivity contribution < 1.29 is 29.0 Å². The summed E-state index contributed by atoms with van der Waals surface area (Å²) in [6.45, 7) is 2.39. The van der Waals surface area contributed by atoms with Gasteiger partial charge < -0.3 is 9.84 Å². The van der Waals surface area contributed by atoms with Crippen LogP contribution in [0.15, 0.2) is 81.9 Å². The van der Waals surface area contributed by atoms with Crippen molar-refractivity contribution >= 4 is 39.3 Å². The first-order chi connectivity index (χ1) is 18.8. The summed E-state index contributed by atoms with van der Waals surface area (Å²) in [5, 5.41) is 11.2. The van der Waals surface area contributed by atoms with Crippen molar-refractivity contribution in [2.24, 2.45) is 17.8 Å². The fraction of sp³-hybridized carbons (Fsp3) is 0.290. The van der Waals surface area contributed by atoms with Gasteiger partial charge in [-0.05, 0) is 53.2 Å². The lowest BCUT2D eigenvalue weighted by Gasteiger charge is -2.42. The number of fused-ring (bicyclic) bond motifs is 3. The molecule has 2 amide bonds. The van der Waals surface area contributed by atoms with Crippen molar-refractivity contribution in [1.82, 2.24) is 4.90 Å². The maximum Gasteiger partial charge on any atom is 0.233 e. The van der Waals surface area contributed by atoms with E-state index < -0.39 is 23.7 Å². The van der Waals surface area contributed by atoms with Gasteiger partial charge >= 0.3 is 0 Å². The number of nitrogens with zero attached hydrogens (tertiary/aromatic N) is 1. The largest absolute Gasteiger partial charge is 0.507 e. The summed E-state index contributed by atoms with van der Waals surface area (Å²) in [6.07, 6.45) is 3.78. The third-order valence-corrected chi connectivity index (χ3v) is 8.89. The Bertz CT molecular complexity index is 1520. The van der Waals surface area contributed by atoms with Crippen molar-refractivity contribution in [2.75, 3.05) is 6.54 Å². The Kier molecular flexibility index (Phi) is 6.38. The first-order valence-corrected chi connectivity index (χ1v) is 13.8. The summed E-state index contributed by atoms with van der Waals surface area (Å²) in [5.41, 5.74) is 2.90. The second-order valence-electron chi connectivity index (χ2n) is 10.3. The van der Waals surface area contributed by atoms with Gasteiger partial charge in [-0.3, -0.25) is 24.1 Å². The molecule has 1 fully saturated rings. The van der Waals surface area contributed by atoms with E-state index in [1.54, 1.807) is 19.1 Å². The molecule has 198 valence electrons. The number of likely N-dealkylation sites (tertiary alicyclic amines) is 1. The monoisotopic (exact) mass is 587 g/mol. The van der Waals surface area contributed by atoms with Gasteiger partial charge in [-0.25, -0.2) is 0 Å². The number of hydrogen-bond acceptors (Lipinski definition) is 6. The number of allylic oxidation sites excluding steroid dienone is 6. The lowest BCUT2D eigenvalue weighted by molar-refractivity contribution is -0.139. The zero-order valence-corrected chi connectivity index (χ0v) is 22.8. The molecule has 3 aliphatic carbocycles. The van der Waals surface area contributed by atoms with Crippen LogP contribution in [0.1, 0.15) is 36.8 Å². The number of rotatable bonds is 5. The van der Waals surface area contributed by atoms with E-state index in [4.69, 9.17) is 4.74 Å². The van der Waals surface area contributed by atoms with Gasteiger partial charge in [-0.1, -0.05) is 48.0 Å². The number of aromatic hydroxyl groups is 1. The molecule has 8 heteroatoms. The third-order valence-electron chi connectivity index (χ3n) is 8.30. The standard InChI is InChI=1S/C31H26BrNO6/c1-2-33-30(37)20-11-10-18-21(27(20)31(33)38)13-22-28(25(35)14-23(32)29(22)36)26(18)19-9-8-17(12-24(19)34)39-15-16-6-4-3-5-7-16/h3-10,12,14,20-21,26-27,34H,2,11,13,15H2,1H3/t20-,21+,26+,27-/m0/s1. The molecule has 6 rings (SSSR count). The fourth-order valence-electron chi connectivity index (χ4n) is 6.54. The number of ether oxygens (including phenoxy) is 1. The molecule has 0 unspecified atom stereocenters. The van der Waals surface area contributed by atoms with Crippen LogP contribution >= 0.6 is 15.9 Å². The van der Waals surface area contributed by atoms with Crippen molar-refractivity contribution in [3.63, 3.8) is 0 Å². The van der Waals surface area contributed by atoms with E-state index in [2.05, 4.69) is 15.9 Å². The van der Waals surface area contributed by atoms with Gasteiger partial charge in [0.1, 0.15) is 18.1 Å². The Hall–Kier alpha value is -3.78. The minimum atomic E-state index is -0.713. The van der Waals surface area contributed by atoms with Gasteiger partial charge in [0.25, 0.3) is 0 Å². The number of Topliss-reactive ketones (excluding diaryl/α,β-unsaturated/α-hetero) is 1. The van der Waals surface area contributed by atoms with E-state index >= 15 is 0 Å². The molecule has 4 atom stereocenters. The summed E-state index contributed by atoms with van der Waals surface area (Å²) in [7, 11) is 0. The minimum Gasteiger partial charge on any atom is -0.507 e. The van der Waals surface area contributed by atoms with Crippen molar-refractivity contribution in [1.29, 1.82) is 0 Å². The number of amides is 2. The molecule has 0 saturated carbocycles. The van der Waals surface area contributed by atoms with Gasteiger partial charge in [-0.15, -0.1) is 0 Å². The highest BCUT2D eigenvalue weighted by Crippen LogP contribution is 2.56. The van der Waals surface area contributed by atoms with Crippen molar-refractivity contribution in [3.8, 4) is 11.5 Å². The van der Waals surface area contributed by atoms with Crippen LogP contribution in [0.4, 0.5) is 0 Å². The van der Waals surface area contributed by atoms with E-state index in [1.165, 1.54) is 17.0 Å². The smallest absolute Gasteiger partial charge is 0.233 e. The second-order valence-corrected chi connectivity index (χ2v) is 11.2. The van der Waals surface area contributed by atoms with E-state index in [1.807, 2.05) is 36.4 Å². The average molecular weight is 588 g/mol. The highest BCUT2D eigenvalue weighted by molar-refractivity contribution is 9.12. The number of phenolic OH excluding ortho intramolecular Hbond substituents is 1. The number of ketones is 2. The van der Waals surface area contributed by atoms with Crippen LogP contribution in [-0.4, -0.2) is 39.9 Å². The van der Waals surface area contributed by atoms with Crippen LogP contribution in [0.3, 0.4) is 0 Å². The topological polar surface area (TPSA) is 101 Å². The fourth-order valence-corrected chi connectivity index (χ4v) is 6.98. The van der Waals surface area contributed by atoms with E-state index in [-0.39, 0.29) is 40.0 Å². The Morgan fingerprint density at radius 2 is 1.79 bits per heavy atom. The van der Waals surface area contributed by atoms with Crippen LogP contribution in [0.25, 0.3) is 0 Å².